The van der Waals surface area contributed by atoms with Gasteiger partial charge in [-0.1, -0.05) is 0 Å². The molecular weight excluding hydrogens is 210 g/mol. The van der Waals surface area contributed by atoms with E-state index in [1.807, 2.05) is 4.98 Å². The molecule has 1 heterocycles. The average Bonchev–Trinajstić information content (AvgIpc) is 2.28. The maximum absolute atomic E-state index is 11.1. The molecule has 0 amide bonds. The largest absolute Gasteiger partial charge is 0.497 e. The van der Waals surface area contributed by atoms with Crippen LogP contribution < -0.4 is 16.1 Å². The Labute approximate surface area is 90.3 Å². The van der Waals surface area contributed by atoms with Gasteiger partial charge < -0.3 is 9.15 Å². The van der Waals surface area contributed by atoms with Crippen molar-refractivity contribution < 1.29 is 9.15 Å². The molecule has 0 radical (unpaired) electrons. The monoisotopic (exact) mass is 219 g/mol. The zero-order chi connectivity index (χ0) is 11.5. The molecule has 1 N–H and O–H groups in total. The molecule has 2 rings (SSSR count). The van der Waals surface area contributed by atoms with Gasteiger partial charge in [0.25, 0.3) is 5.56 Å². The lowest BCUT2D eigenvalue weighted by Gasteiger charge is -2.01. The number of aromatic nitrogens is 1. The summed E-state index contributed by atoms with van der Waals surface area (Å²) in [6.45, 7) is 0. The van der Waals surface area contributed by atoms with Gasteiger partial charge in [0.1, 0.15) is 11.5 Å². The Morgan fingerprint density at radius 2 is 1.88 bits per heavy atom. The first-order chi connectivity index (χ1) is 7.69. The number of hydrogen-bond acceptors (Lipinski definition) is 4. The normalized spacial score (nSPS) is 10.1. The zero-order valence-electron chi connectivity index (χ0n) is 8.52. The minimum Gasteiger partial charge on any atom is -0.497 e. The van der Waals surface area contributed by atoms with Crippen molar-refractivity contribution >= 4 is 0 Å². The van der Waals surface area contributed by atoms with Crippen LogP contribution in [0.5, 0.6) is 5.75 Å². The van der Waals surface area contributed by atoms with Crippen molar-refractivity contribution in [2.45, 2.75) is 0 Å². The first-order valence-electron chi connectivity index (χ1n) is 4.58. The Kier molecular flexibility index (Phi) is 2.59. The molecule has 0 aliphatic heterocycles. The SMILES string of the molecule is COc1ccc(-c2cc(=O)[nH]c(=O)o2)cc1. The molecule has 5 nitrogen and oxygen atoms in total. The summed E-state index contributed by atoms with van der Waals surface area (Å²) in [7, 11) is 1.56. The molecule has 0 bridgehead atoms. The highest BCUT2D eigenvalue weighted by molar-refractivity contribution is 5.57. The summed E-state index contributed by atoms with van der Waals surface area (Å²) in [5, 5.41) is 0. The molecule has 0 aliphatic rings. The molecule has 1 aromatic heterocycles. The topological polar surface area (TPSA) is 72.3 Å². The molecular formula is C11H9NO4. The summed E-state index contributed by atoms with van der Waals surface area (Å²) in [6, 6.07) is 8.07. The summed E-state index contributed by atoms with van der Waals surface area (Å²) in [5.74, 6) is 0.158. The van der Waals surface area contributed by atoms with Gasteiger partial charge in [-0.25, -0.2) is 4.79 Å². The Hall–Kier alpha value is -2.30. The van der Waals surface area contributed by atoms with Gasteiger partial charge in [-0.3, -0.25) is 9.78 Å². The van der Waals surface area contributed by atoms with E-state index in [1.54, 1.807) is 31.4 Å². The third-order valence-electron chi connectivity index (χ3n) is 2.06. The molecule has 0 spiro atoms. The molecule has 5 heteroatoms. The maximum atomic E-state index is 11.1. The average molecular weight is 219 g/mol. The van der Waals surface area contributed by atoms with Crippen molar-refractivity contribution in [3.05, 3.63) is 51.2 Å². The van der Waals surface area contributed by atoms with Gasteiger partial charge in [0.15, 0.2) is 0 Å². The van der Waals surface area contributed by atoms with Crippen molar-refractivity contribution in [3.8, 4) is 17.1 Å². The number of ether oxygens (including phenoxy) is 1. The zero-order valence-corrected chi connectivity index (χ0v) is 8.52. The fraction of sp³-hybridized carbons (Fsp3) is 0.0909. The van der Waals surface area contributed by atoms with Crippen molar-refractivity contribution in [2.75, 3.05) is 7.11 Å². The molecule has 82 valence electrons. The van der Waals surface area contributed by atoms with E-state index < -0.39 is 11.3 Å². The highest BCUT2D eigenvalue weighted by atomic mass is 16.5. The summed E-state index contributed by atoms with van der Waals surface area (Å²) >= 11 is 0. The van der Waals surface area contributed by atoms with Gasteiger partial charge in [-0.2, -0.15) is 0 Å². The second-order valence-electron chi connectivity index (χ2n) is 3.12. The number of benzene rings is 1. The van der Waals surface area contributed by atoms with Gasteiger partial charge >= 0.3 is 5.76 Å². The summed E-state index contributed by atoms with van der Waals surface area (Å²) < 4.78 is 9.86. The van der Waals surface area contributed by atoms with Crippen molar-refractivity contribution in [2.24, 2.45) is 0 Å². The lowest BCUT2D eigenvalue weighted by molar-refractivity contribution is 0.415. The highest BCUT2D eigenvalue weighted by Crippen LogP contribution is 2.19. The predicted octanol–water partition coefficient (Wildman–Crippen LogP) is 1.00. The van der Waals surface area contributed by atoms with E-state index in [0.717, 1.165) is 0 Å². The van der Waals surface area contributed by atoms with E-state index in [4.69, 9.17) is 9.15 Å². The van der Waals surface area contributed by atoms with E-state index >= 15 is 0 Å². The van der Waals surface area contributed by atoms with Crippen LogP contribution in [0.2, 0.25) is 0 Å². The minimum atomic E-state index is -0.765. The quantitative estimate of drug-likeness (QED) is 0.817. The Morgan fingerprint density at radius 1 is 1.19 bits per heavy atom. The molecule has 16 heavy (non-hydrogen) atoms. The van der Waals surface area contributed by atoms with Crippen LogP contribution in [0.3, 0.4) is 0 Å². The molecule has 1 aromatic carbocycles. The molecule has 0 unspecified atom stereocenters. The second-order valence-corrected chi connectivity index (χ2v) is 3.12. The first-order valence-corrected chi connectivity index (χ1v) is 4.58. The van der Waals surface area contributed by atoms with Crippen LogP contribution in [0.1, 0.15) is 0 Å². The van der Waals surface area contributed by atoms with Gasteiger partial charge in [0.05, 0.1) is 7.11 Å². The number of rotatable bonds is 2. The lowest BCUT2D eigenvalue weighted by atomic mass is 10.1. The van der Waals surface area contributed by atoms with Crippen molar-refractivity contribution in [1.29, 1.82) is 0 Å². The second kappa shape index (κ2) is 4.06. The molecule has 0 fully saturated rings. The fourth-order valence-corrected chi connectivity index (χ4v) is 1.31. The van der Waals surface area contributed by atoms with Gasteiger partial charge in [-0.15, -0.1) is 0 Å². The van der Waals surface area contributed by atoms with Gasteiger partial charge in [-0.05, 0) is 24.3 Å². The highest BCUT2D eigenvalue weighted by Gasteiger charge is 2.03. The van der Waals surface area contributed by atoms with E-state index in [2.05, 4.69) is 0 Å². The maximum Gasteiger partial charge on any atom is 0.419 e. The summed E-state index contributed by atoms with van der Waals surface area (Å²) in [5.41, 5.74) is 0.158. The van der Waals surface area contributed by atoms with Crippen LogP contribution in [0, 0.1) is 0 Å². The van der Waals surface area contributed by atoms with Crippen molar-refractivity contribution in [3.63, 3.8) is 0 Å². The number of aromatic amines is 1. The van der Waals surface area contributed by atoms with Crippen LogP contribution in [0.25, 0.3) is 11.3 Å². The Balaban J connectivity index is 2.50. The molecule has 2 aromatic rings. The lowest BCUT2D eigenvalue weighted by Crippen LogP contribution is -2.17. The van der Waals surface area contributed by atoms with Gasteiger partial charge in [0.2, 0.25) is 0 Å². The number of methoxy groups -OCH3 is 1. The molecule has 0 saturated carbocycles. The van der Waals surface area contributed by atoms with E-state index in [1.165, 1.54) is 6.07 Å². The van der Waals surface area contributed by atoms with Crippen LogP contribution in [0.15, 0.2) is 44.3 Å². The van der Waals surface area contributed by atoms with Crippen LogP contribution in [-0.2, 0) is 0 Å². The first kappa shape index (κ1) is 10.2. The molecule has 0 aliphatic carbocycles. The summed E-state index contributed by atoms with van der Waals surface area (Å²) in [6.07, 6.45) is 0. The Bertz CT molecular complexity index is 566. The van der Waals surface area contributed by atoms with Crippen molar-refractivity contribution in [1.82, 2.24) is 4.98 Å². The predicted molar refractivity (Wildman–Crippen MR) is 57.6 cm³/mol. The number of H-pyrrole nitrogens is 1. The standard InChI is InChI=1S/C11H9NO4/c1-15-8-4-2-7(3-5-8)9-6-10(13)12-11(14)16-9/h2-6H,1H3,(H,12,13,14). The molecule has 0 atom stereocenters. The van der Waals surface area contributed by atoms with Crippen LogP contribution in [0.4, 0.5) is 0 Å². The smallest absolute Gasteiger partial charge is 0.419 e. The molecule has 0 saturated heterocycles. The third kappa shape index (κ3) is 2.03. The fourth-order valence-electron chi connectivity index (χ4n) is 1.31. The van der Waals surface area contributed by atoms with Crippen LogP contribution in [-0.4, -0.2) is 12.1 Å². The van der Waals surface area contributed by atoms with Gasteiger partial charge in [0, 0.05) is 11.6 Å². The minimum absolute atomic E-state index is 0.233. The number of nitrogens with one attached hydrogen (secondary N) is 1. The Morgan fingerprint density at radius 3 is 2.44 bits per heavy atom. The van der Waals surface area contributed by atoms with E-state index in [0.29, 0.717) is 11.3 Å². The van der Waals surface area contributed by atoms with Crippen LogP contribution >= 0.6 is 0 Å². The van der Waals surface area contributed by atoms with E-state index in [-0.39, 0.29) is 5.76 Å². The van der Waals surface area contributed by atoms with E-state index in [9.17, 15) is 9.59 Å². The number of hydrogen-bond donors (Lipinski definition) is 1. The summed E-state index contributed by atoms with van der Waals surface area (Å²) in [4.78, 5) is 24.0. The third-order valence-corrected chi connectivity index (χ3v) is 2.06.